The van der Waals surface area contributed by atoms with E-state index in [0.29, 0.717) is 23.5 Å². The van der Waals surface area contributed by atoms with Gasteiger partial charge in [0.15, 0.2) is 0 Å². The minimum absolute atomic E-state index is 0.00708. The van der Waals surface area contributed by atoms with Gasteiger partial charge in [0.05, 0.1) is 5.60 Å². The number of halogens is 1. The van der Waals surface area contributed by atoms with E-state index in [-0.39, 0.29) is 5.41 Å². The molecule has 0 amide bonds. The topological polar surface area (TPSA) is 40.5 Å². The van der Waals surface area contributed by atoms with Gasteiger partial charge in [-0.15, -0.1) is 0 Å². The van der Waals surface area contributed by atoms with E-state index in [4.69, 9.17) is 0 Å². The molecule has 3 heteroatoms. The zero-order valence-corrected chi connectivity index (χ0v) is 15.2. The number of fused-ring (bicyclic) bond motifs is 5. The summed E-state index contributed by atoms with van der Waals surface area (Å²) in [5, 5.41) is 21.0. The van der Waals surface area contributed by atoms with Gasteiger partial charge < -0.3 is 10.2 Å². The molecule has 2 saturated carbocycles. The molecule has 4 rings (SSSR count). The first-order valence-electron chi connectivity index (χ1n) is 8.80. The number of aliphatic hydroxyl groups is 1. The highest BCUT2D eigenvalue weighted by Crippen LogP contribution is 2.64. The van der Waals surface area contributed by atoms with Crippen LogP contribution in [-0.4, -0.2) is 15.8 Å². The average Bonchev–Trinajstić information content (AvgIpc) is 2.79. The largest absolute Gasteiger partial charge is 0.508 e. The Bertz CT molecular complexity index is 655. The van der Waals surface area contributed by atoms with Crippen LogP contribution in [0.5, 0.6) is 5.75 Å². The maximum absolute atomic E-state index is 11.2. The zero-order valence-electron chi connectivity index (χ0n) is 13.6. The molecule has 0 radical (unpaired) electrons. The predicted molar refractivity (Wildman–Crippen MR) is 95.7 cm³/mol. The second-order valence-corrected chi connectivity index (χ2v) is 8.54. The summed E-state index contributed by atoms with van der Waals surface area (Å²) in [6.45, 7) is 2.31. The number of benzene rings is 1. The lowest BCUT2D eigenvalue weighted by molar-refractivity contribution is -0.0708. The van der Waals surface area contributed by atoms with Gasteiger partial charge in [-0.1, -0.05) is 28.9 Å². The number of aryl methyl sites for hydroxylation is 1. The summed E-state index contributed by atoms with van der Waals surface area (Å²) in [6.07, 6.45) is 8.45. The van der Waals surface area contributed by atoms with Gasteiger partial charge >= 0.3 is 0 Å². The molecule has 1 aromatic rings. The molecule has 0 spiro atoms. The SMILES string of the molecule is C[C@]12CC[C@@H]3c4ccc(O)cc4CC[C@H]3[C@@H]1CC[C@@]2(O)/C=C/Br. The molecular weight excluding hydrogens is 352 g/mol. The van der Waals surface area contributed by atoms with E-state index >= 15 is 0 Å². The minimum Gasteiger partial charge on any atom is -0.508 e. The van der Waals surface area contributed by atoms with E-state index in [1.54, 1.807) is 0 Å². The normalized spacial score (nSPS) is 42.3. The van der Waals surface area contributed by atoms with Crippen LogP contribution in [0.2, 0.25) is 0 Å². The van der Waals surface area contributed by atoms with Crippen molar-refractivity contribution in [2.45, 2.75) is 57.0 Å². The second kappa shape index (κ2) is 5.35. The van der Waals surface area contributed by atoms with Crippen LogP contribution < -0.4 is 0 Å². The van der Waals surface area contributed by atoms with Gasteiger partial charge in [-0.25, -0.2) is 0 Å². The fourth-order valence-corrected chi connectivity index (χ4v) is 6.44. The number of rotatable bonds is 1. The Kier molecular flexibility index (Phi) is 3.66. The van der Waals surface area contributed by atoms with Crippen LogP contribution in [0, 0.1) is 17.3 Å². The number of hydrogen-bond donors (Lipinski definition) is 2. The predicted octanol–water partition coefficient (Wildman–Crippen LogP) is 4.89. The molecule has 1 aromatic carbocycles. The smallest absolute Gasteiger partial charge is 0.115 e. The minimum atomic E-state index is -0.665. The van der Waals surface area contributed by atoms with E-state index < -0.39 is 5.60 Å². The first-order valence-corrected chi connectivity index (χ1v) is 9.72. The highest BCUT2D eigenvalue weighted by atomic mass is 79.9. The van der Waals surface area contributed by atoms with Crippen molar-refractivity contribution >= 4 is 15.9 Å². The number of hydrogen-bond acceptors (Lipinski definition) is 2. The molecule has 5 atom stereocenters. The van der Waals surface area contributed by atoms with Gasteiger partial charge in [-0.3, -0.25) is 0 Å². The maximum Gasteiger partial charge on any atom is 0.115 e. The van der Waals surface area contributed by atoms with Crippen LogP contribution in [0.25, 0.3) is 0 Å². The first-order chi connectivity index (χ1) is 11.0. The fourth-order valence-electron chi connectivity index (χ4n) is 6.00. The number of phenols is 1. The Morgan fingerprint density at radius 1 is 1.22 bits per heavy atom. The van der Waals surface area contributed by atoms with Gasteiger partial charge in [-0.2, -0.15) is 0 Å². The van der Waals surface area contributed by atoms with Crippen LogP contribution in [0.4, 0.5) is 0 Å². The third-order valence-corrected chi connectivity index (χ3v) is 7.53. The number of aromatic hydroxyl groups is 1. The molecule has 23 heavy (non-hydrogen) atoms. The molecular formula is C20H25BrO2. The van der Waals surface area contributed by atoms with Crippen LogP contribution in [0.15, 0.2) is 29.3 Å². The van der Waals surface area contributed by atoms with Gasteiger partial charge in [0, 0.05) is 5.41 Å². The quantitative estimate of drug-likeness (QED) is 0.732. The van der Waals surface area contributed by atoms with Crippen molar-refractivity contribution < 1.29 is 10.2 Å². The lowest BCUT2D eigenvalue weighted by Gasteiger charge is -2.52. The van der Waals surface area contributed by atoms with Crippen LogP contribution in [0.1, 0.15) is 56.1 Å². The first kappa shape index (κ1) is 15.7. The van der Waals surface area contributed by atoms with Crippen molar-refractivity contribution in [2.75, 3.05) is 0 Å². The maximum atomic E-state index is 11.2. The van der Waals surface area contributed by atoms with Crippen molar-refractivity contribution in [1.82, 2.24) is 0 Å². The van der Waals surface area contributed by atoms with E-state index in [9.17, 15) is 10.2 Å². The van der Waals surface area contributed by atoms with Gasteiger partial charge in [0.25, 0.3) is 0 Å². The van der Waals surface area contributed by atoms with Gasteiger partial charge in [0.2, 0.25) is 0 Å². The van der Waals surface area contributed by atoms with Crippen molar-refractivity contribution in [3.8, 4) is 5.75 Å². The Balaban J connectivity index is 1.70. The monoisotopic (exact) mass is 376 g/mol. The van der Waals surface area contributed by atoms with Gasteiger partial charge in [0.1, 0.15) is 5.75 Å². The Hall–Kier alpha value is -0.800. The summed E-state index contributed by atoms with van der Waals surface area (Å²) in [6, 6.07) is 5.94. The molecule has 3 aliphatic carbocycles. The van der Waals surface area contributed by atoms with Crippen LogP contribution in [-0.2, 0) is 6.42 Å². The summed E-state index contributed by atoms with van der Waals surface area (Å²) in [4.78, 5) is 1.84. The molecule has 124 valence electrons. The molecule has 2 fully saturated rings. The number of phenolic OH excluding ortho intramolecular Hbond substituents is 1. The van der Waals surface area contributed by atoms with Crippen LogP contribution >= 0.6 is 15.9 Å². The second-order valence-electron chi connectivity index (χ2n) is 8.01. The summed E-state index contributed by atoms with van der Waals surface area (Å²) < 4.78 is 0. The van der Waals surface area contributed by atoms with Crippen molar-refractivity contribution in [2.24, 2.45) is 17.3 Å². The van der Waals surface area contributed by atoms with E-state index in [2.05, 4.69) is 28.9 Å². The molecule has 0 saturated heterocycles. The molecule has 0 heterocycles. The van der Waals surface area contributed by atoms with Crippen LogP contribution in [0.3, 0.4) is 0 Å². The highest BCUT2D eigenvalue weighted by molar-refractivity contribution is 9.11. The summed E-state index contributed by atoms with van der Waals surface area (Å²) in [5.74, 6) is 2.26. The molecule has 0 aromatic heterocycles. The summed E-state index contributed by atoms with van der Waals surface area (Å²) >= 11 is 3.37. The molecule has 0 aliphatic heterocycles. The molecule has 2 N–H and O–H groups in total. The lowest BCUT2D eigenvalue weighted by atomic mass is 9.53. The Morgan fingerprint density at radius 3 is 2.83 bits per heavy atom. The van der Waals surface area contributed by atoms with Crippen molar-refractivity contribution in [1.29, 1.82) is 0 Å². The molecule has 2 nitrogen and oxygen atoms in total. The third-order valence-electron chi connectivity index (χ3n) is 7.26. The molecule has 3 aliphatic rings. The molecule has 0 bridgehead atoms. The van der Waals surface area contributed by atoms with E-state index in [0.717, 1.165) is 32.1 Å². The lowest BCUT2D eigenvalue weighted by Crippen LogP contribution is -2.49. The fraction of sp³-hybridized carbons (Fsp3) is 0.600. The third kappa shape index (κ3) is 2.16. The Morgan fingerprint density at radius 2 is 2.04 bits per heavy atom. The Labute approximate surface area is 146 Å². The van der Waals surface area contributed by atoms with E-state index in [1.165, 1.54) is 17.5 Å². The van der Waals surface area contributed by atoms with Crippen molar-refractivity contribution in [3.05, 3.63) is 40.4 Å². The standard InChI is InChI=1S/C20H25BrO2/c1-19-8-6-16-15-5-3-14(22)12-13(15)2-4-17(16)18(19)7-9-20(19,23)10-11-21/h3,5,10-12,16-18,22-23H,2,4,6-9H2,1H3/b11-10+/t16-,17-,18+,19+,20-/m1/s1. The van der Waals surface area contributed by atoms with Gasteiger partial charge in [-0.05, 0) is 90.6 Å². The summed E-state index contributed by atoms with van der Waals surface area (Å²) in [7, 11) is 0. The van der Waals surface area contributed by atoms with E-state index in [1.807, 2.05) is 23.2 Å². The highest BCUT2D eigenvalue weighted by Gasteiger charge is 2.60. The molecule has 0 unspecified atom stereocenters. The average molecular weight is 377 g/mol. The zero-order chi connectivity index (χ0) is 16.2. The van der Waals surface area contributed by atoms with Crippen molar-refractivity contribution in [3.63, 3.8) is 0 Å². The summed E-state index contributed by atoms with van der Waals surface area (Å²) in [5.41, 5.74) is 2.12.